The van der Waals surface area contributed by atoms with Crippen LogP contribution in [0.5, 0.6) is 0 Å². The lowest BCUT2D eigenvalue weighted by Gasteiger charge is -2.19. The Morgan fingerprint density at radius 3 is 2.57 bits per heavy atom. The number of halogens is 1. The molecule has 3 N–H and O–H groups in total. The number of imidazole rings is 1. The predicted octanol–water partition coefficient (Wildman–Crippen LogP) is 4.61. The minimum atomic E-state index is 0.0626. The predicted molar refractivity (Wildman–Crippen MR) is 123 cm³/mol. The first-order valence-corrected chi connectivity index (χ1v) is 10.8. The highest BCUT2D eigenvalue weighted by molar-refractivity contribution is 9.10. The Labute approximate surface area is 183 Å². The highest BCUT2D eigenvalue weighted by Gasteiger charge is 2.22. The van der Waals surface area contributed by atoms with E-state index in [-0.39, 0.29) is 6.04 Å². The topological polar surface area (TPSA) is 94.5 Å². The molecule has 1 unspecified atom stereocenters. The van der Waals surface area contributed by atoms with Crippen molar-refractivity contribution in [2.24, 2.45) is 0 Å². The Morgan fingerprint density at radius 2 is 1.83 bits per heavy atom. The van der Waals surface area contributed by atoms with Crippen LogP contribution in [0.1, 0.15) is 36.9 Å². The molecule has 4 rings (SSSR count). The van der Waals surface area contributed by atoms with Crippen molar-refractivity contribution in [1.82, 2.24) is 24.5 Å². The Morgan fingerprint density at radius 1 is 1.07 bits per heavy atom. The molecule has 154 valence electrons. The number of hydrogen-bond acceptors (Lipinski definition) is 6. The van der Waals surface area contributed by atoms with E-state index in [0.29, 0.717) is 27.7 Å². The van der Waals surface area contributed by atoms with E-state index in [2.05, 4.69) is 72.0 Å². The second-order valence-corrected chi connectivity index (χ2v) is 7.79. The van der Waals surface area contributed by atoms with Crippen LogP contribution in [0.3, 0.4) is 0 Å². The molecule has 4 aromatic rings. The molecule has 0 aliphatic heterocycles. The van der Waals surface area contributed by atoms with E-state index in [1.54, 1.807) is 12.4 Å². The van der Waals surface area contributed by atoms with E-state index in [0.717, 1.165) is 31.4 Å². The van der Waals surface area contributed by atoms with Crippen molar-refractivity contribution in [2.45, 2.75) is 32.2 Å². The van der Waals surface area contributed by atoms with Crippen LogP contribution in [0.4, 0.5) is 11.8 Å². The van der Waals surface area contributed by atoms with Gasteiger partial charge in [0, 0.05) is 18.9 Å². The van der Waals surface area contributed by atoms with Gasteiger partial charge in [-0.15, -0.1) is 0 Å². The molecule has 0 amide bonds. The van der Waals surface area contributed by atoms with Gasteiger partial charge >= 0.3 is 0 Å². The molecule has 3 aromatic heterocycles. The molecule has 0 radical (unpaired) electrons. The third kappa shape index (κ3) is 4.28. The maximum atomic E-state index is 6.22. The van der Waals surface area contributed by atoms with Gasteiger partial charge in [0.15, 0.2) is 21.7 Å². The third-order valence-electron chi connectivity index (χ3n) is 5.08. The maximum Gasteiger partial charge on any atom is 0.226 e. The number of benzene rings is 1. The number of pyridine rings is 1. The van der Waals surface area contributed by atoms with Crippen molar-refractivity contribution in [3.8, 4) is 0 Å². The number of aromatic nitrogens is 5. The average Bonchev–Trinajstić information content (AvgIpc) is 3.10. The standard InChI is InChI=1S/C22H24BrN7/c1-2-17(16-10-13-25-14-11-16)30-20-18(27-21(30)23)19(24)28-22(29-20)26-12-6-9-15-7-4-3-5-8-15/h3-5,7-8,10-11,13-14,17H,2,6,9,12H2,1H3,(H3,24,26,28,29). The summed E-state index contributed by atoms with van der Waals surface area (Å²) in [5.74, 6) is 0.890. The molecule has 0 saturated heterocycles. The van der Waals surface area contributed by atoms with Crippen LogP contribution in [0.2, 0.25) is 0 Å². The lowest BCUT2D eigenvalue weighted by atomic mass is 10.1. The van der Waals surface area contributed by atoms with Crippen LogP contribution in [-0.4, -0.2) is 31.0 Å². The van der Waals surface area contributed by atoms with Gasteiger partial charge in [-0.05, 0) is 58.5 Å². The number of hydrogen-bond donors (Lipinski definition) is 2. The van der Waals surface area contributed by atoms with Crippen molar-refractivity contribution in [2.75, 3.05) is 17.6 Å². The van der Waals surface area contributed by atoms with Gasteiger partial charge in [0.05, 0.1) is 6.04 Å². The van der Waals surface area contributed by atoms with Crippen LogP contribution in [0, 0.1) is 0 Å². The van der Waals surface area contributed by atoms with E-state index in [9.17, 15) is 0 Å². The van der Waals surface area contributed by atoms with E-state index in [4.69, 9.17) is 10.7 Å². The molecule has 1 atom stereocenters. The van der Waals surface area contributed by atoms with Crippen LogP contribution in [0.25, 0.3) is 11.2 Å². The third-order valence-corrected chi connectivity index (χ3v) is 5.64. The molecular formula is C22H24BrN7. The molecule has 0 bridgehead atoms. The molecular weight excluding hydrogens is 442 g/mol. The van der Waals surface area contributed by atoms with Crippen LogP contribution >= 0.6 is 15.9 Å². The highest BCUT2D eigenvalue weighted by Crippen LogP contribution is 2.32. The van der Waals surface area contributed by atoms with Gasteiger partial charge in [0.1, 0.15) is 0 Å². The minimum absolute atomic E-state index is 0.0626. The van der Waals surface area contributed by atoms with Crippen molar-refractivity contribution in [1.29, 1.82) is 0 Å². The molecule has 0 fully saturated rings. The van der Waals surface area contributed by atoms with Gasteiger partial charge in [-0.25, -0.2) is 4.98 Å². The summed E-state index contributed by atoms with van der Waals surface area (Å²) in [4.78, 5) is 17.9. The summed E-state index contributed by atoms with van der Waals surface area (Å²) in [5, 5.41) is 3.31. The number of nitrogens with one attached hydrogen (secondary N) is 1. The van der Waals surface area contributed by atoms with Gasteiger partial charge < -0.3 is 11.1 Å². The molecule has 0 spiro atoms. The normalized spacial score (nSPS) is 12.2. The van der Waals surface area contributed by atoms with Crippen molar-refractivity contribution in [3.05, 3.63) is 70.7 Å². The fourth-order valence-corrected chi connectivity index (χ4v) is 4.21. The Balaban J connectivity index is 1.58. The van der Waals surface area contributed by atoms with Crippen molar-refractivity contribution in [3.63, 3.8) is 0 Å². The van der Waals surface area contributed by atoms with Crippen LogP contribution < -0.4 is 11.1 Å². The summed E-state index contributed by atoms with van der Waals surface area (Å²) >= 11 is 3.59. The zero-order valence-corrected chi connectivity index (χ0v) is 18.4. The SMILES string of the molecule is CCC(c1ccncc1)n1c(Br)nc2c(N)nc(NCCCc3ccccc3)nc21. The maximum absolute atomic E-state index is 6.22. The largest absolute Gasteiger partial charge is 0.382 e. The number of nitrogens with two attached hydrogens (primary N) is 1. The van der Waals surface area contributed by atoms with E-state index in [1.807, 2.05) is 18.2 Å². The smallest absolute Gasteiger partial charge is 0.226 e. The molecule has 8 heteroatoms. The van der Waals surface area contributed by atoms with Crippen molar-refractivity contribution >= 4 is 38.9 Å². The second-order valence-electron chi connectivity index (χ2n) is 7.08. The zero-order valence-electron chi connectivity index (χ0n) is 16.8. The van der Waals surface area contributed by atoms with Gasteiger partial charge in [-0.3, -0.25) is 9.55 Å². The first kappa shape index (κ1) is 20.3. The van der Waals surface area contributed by atoms with Crippen molar-refractivity contribution < 1.29 is 0 Å². The fraction of sp³-hybridized carbons (Fsp3) is 0.273. The molecule has 30 heavy (non-hydrogen) atoms. The van der Waals surface area contributed by atoms with Gasteiger partial charge in [0.2, 0.25) is 5.95 Å². The van der Waals surface area contributed by atoms with Gasteiger partial charge in [-0.1, -0.05) is 37.3 Å². The second kappa shape index (κ2) is 9.21. The Hall–Kier alpha value is -3.00. The fourth-order valence-electron chi connectivity index (χ4n) is 3.61. The number of rotatable bonds is 8. The quantitative estimate of drug-likeness (QED) is 0.291. The zero-order chi connectivity index (χ0) is 20.9. The molecule has 0 saturated carbocycles. The van der Waals surface area contributed by atoms with Crippen LogP contribution in [-0.2, 0) is 6.42 Å². The number of anilines is 2. The molecule has 3 heterocycles. The summed E-state index contributed by atoms with van der Waals surface area (Å²) in [5.41, 5.74) is 9.99. The number of fused-ring (bicyclic) bond motifs is 1. The van der Waals surface area contributed by atoms with E-state index < -0.39 is 0 Å². The lowest BCUT2D eigenvalue weighted by molar-refractivity contribution is 0.566. The first-order chi connectivity index (χ1) is 14.7. The number of aryl methyl sites for hydroxylation is 1. The van der Waals surface area contributed by atoms with E-state index in [1.165, 1.54) is 5.56 Å². The van der Waals surface area contributed by atoms with Crippen LogP contribution in [0.15, 0.2) is 59.6 Å². The molecule has 0 aliphatic carbocycles. The summed E-state index contributed by atoms with van der Waals surface area (Å²) in [6, 6.07) is 14.5. The van der Waals surface area contributed by atoms with Gasteiger partial charge in [-0.2, -0.15) is 9.97 Å². The Bertz CT molecular complexity index is 1110. The minimum Gasteiger partial charge on any atom is -0.382 e. The highest BCUT2D eigenvalue weighted by atomic mass is 79.9. The van der Waals surface area contributed by atoms with E-state index >= 15 is 0 Å². The Kier molecular flexibility index (Phi) is 6.23. The van der Waals surface area contributed by atoms with Gasteiger partial charge in [0.25, 0.3) is 0 Å². The lowest BCUT2D eigenvalue weighted by Crippen LogP contribution is -2.13. The summed E-state index contributed by atoms with van der Waals surface area (Å²) < 4.78 is 2.75. The molecule has 7 nitrogen and oxygen atoms in total. The number of nitrogens with zero attached hydrogens (tertiary/aromatic N) is 5. The first-order valence-electron chi connectivity index (χ1n) is 10.1. The average molecular weight is 466 g/mol. The summed E-state index contributed by atoms with van der Waals surface area (Å²) in [6.45, 7) is 2.90. The molecule has 1 aromatic carbocycles. The molecule has 0 aliphatic rings. The monoisotopic (exact) mass is 465 g/mol. The number of nitrogen functional groups attached to an aromatic ring is 1. The summed E-state index contributed by atoms with van der Waals surface area (Å²) in [6.07, 6.45) is 6.44. The summed E-state index contributed by atoms with van der Waals surface area (Å²) in [7, 11) is 0.